The summed E-state index contributed by atoms with van der Waals surface area (Å²) < 4.78 is 17.0. The van der Waals surface area contributed by atoms with E-state index >= 15 is 0 Å². The number of amides is 2. The van der Waals surface area contributed by atoms with Gasteiger partial charge in [0.1, 0.15) is 6.61 Å². The van der Waals surface area contributed by atoms with Crippen LogP contribution in [0.3, 0.4) is 0 Å². The summed E-state index contributed by atoms with van der Waals surface area (Å²) in [6.07, 6.45) is 2.25. The van der Waals surface area contributed by atoms with Gasteiger partial charge in [0.2, 0.25) is 0 Å². The molecule has 6 nitrogen and oxygen atoms in total. The van der Waals surface area contributed by atoms with Crippen LogP contribution >= 0.6 is 50.9 Å². The summed E-state index contributed by atoms with van der Waals surface area (Å²) in [4.78, 5) is 26.4. The number of halogens is 3. The molecule has 0 unspecified atom stereocenters. The van der Waals surface area contributed by atoms with Crippen molar-refractivity contribution in [2.45, 2.75) is 13.0 Å². The van der Waals surface area contributed by atoms with Gasteiger partial charge in [0, 0.05) is 40.3 Å². The predicted molar refractivity (Wildman–Crippen MR) is 131 cm³/mol. The molecule has 32 heavy (non-hydrogen) atoms. The number of hydrogen-bond donors (Lipinski definition) is 0. The molecule has 1 heterocycles. The largest absolute Gasteiger partial charge is 0.493 e. The van der Waals surface area contributed by atoms with Crippen LogP contribution in [-0.4, -0.2) is 43.4 Å². The molecular formula is C22H20BrCl2NO5S. The zero-order valence-electron chi connectivity index (χ0n) is 17.3. The van der Waals surface area contributed by atoms with Crippen molar-refractivity contribution in [3.8, 4) is 11.5 Å². The lowest BCUT2D eigenvalue weighted by Crippen LogP contribution is -2.29. The highest BCUT2D eigenvalue weighted by atomic mass is 79.9. The van der Waals surface area contributed by atoms with Crippen molar-refractivity contribution in [2.75, 3.05) is 27.4 Å². The fourth-order valence-electron chi connectivity index (χ4n) is 2.93. The smallest absolute Gasteiger partial charge is 0.293 e. The standard InChI is InChI=1S/C22H20BrCl2NO5S/c1-29-7-3-6-26-21(27)20(32-22(26)28)9-14-8-18(30-2)19(11-16(14)23)31-12-13-4-5-15(24)10-17(13)25/h4-5,8-11H,3,6-7,12H2,1-2H3/b20-9+. The molecule has 0 aliphatic carbocycles. The SMILES string of the molecule is COCCCN1C(=O)S/C(=C/c2cc(OC)c(OCc3ccc(Cl)cc3Cl)cc2Br)C1=O. The molecule has 1 fully saturated rings. The van der Waals surface area contributed by atoms with E-state index in [9.17, 15) is 9.59 Å². The van der Waals surface area contributed by atoms with Gasteiger partial charge < -0.3 is 14.2 Å². The Kier molecular flexibility index (Phi) is 8.90. The van der Waals surface area contributed by atoms with Crippen LogP contribution in [0.5, 0.6) is 11.5 Å². The average molecular weight is 561 g/mol. The summed E-state index contributed by atoms with van der Waals surface area (Å²) in [6.45, 7) is 1.02. The number of carbonyl (C=O) groups excluding carboxylic acids is 2. The van der Waals surface area contributed by atoms with E-state index < -0.39 is 0 Å². The van der Waals surface area contributed by atoms with E-state index in [0.29, 0.717) is 56.1 Å². The Morgan fingerprint density at radius 2 is 1.91 bits per heavy atom. The van der Waals surface area contributed by atoms with Crippen LogP contribution < -0.4 is 9.47 Å². The van der Waals surface area contributed by atoms with Crippen LogP contribution in [0.25, 0.3) is 6.08 Å². The van der Waals surface area contributed by atoms with Crippen LogP contribution in [0.2, 0.25) is 10.0 Å². The van der Waals surface area contributed by atoms with Gasteiger partial charge in [-0.2, -0.15) is 0 Å². The summed E-state index contributed by atoms with van der Waals surface area (Å²) in [5.41, 5.74) is 1.46. The summed E-state index contributed by atoms with van der Waals surface area (Å²) in [7, 11) is 3.11. The monoisotopic (exact) mass is 559 g/mol. The maximum atomic E-state index is 12.6. The van der Waals surface area contributed by atoms with Crippen molar-refractivity contribution in [2.24, 2.45) is 0 Å². The molecule has 2 amide bonds. The van der Waals surface area contributed by atoms with E-state index in [0.717, 1.165) is 17.3 Å². The Balaban J connectivity index is 1.79. The Morgan fingerprint density at radius 3 is 2.59 bits per heavy atom. The Hall–Kier alpha value is -1.71. The molecule has 2 aromatic rings. The minimum Gasteiger partial charge on any atom is -0.493 e. The topological polar surface area (TPSA) is 65.1 Å². The number of methoxy groups -OCH3 is 2. The van der Waals surface area contributed by atoms with E-state index in [2.05, 4.69) is 15.9 Å². The van der Waals surface area contributed by atoms with Crippen LogP contribution in [0.15, 0.2) is 39.7 Å². The highest BCUT2D eigenvalue weighted by Crippen LogP contribution is 2.38. The maximum Gasteiger partial charge on any atom is 0.293 e. The van der Waals surface area contributed by atoms with Crippen molar-refractivity contribution in [1.29, 1.82) is 0 Å². The first-order valence-electron chi connectivity index (χ1n) is 9.52. The van der Waals surface area contributed by atoms with Gasteiger partial charge in [-0.25, -0.2) is 0 Å². The number of imide groups is 1. The summed E-state index contributed by atoms with van der Waals surface area (Å²) in [5, 5.41) is 0.764. The zero-order chi connectivity index (χ0) is 23.3. The summed E-state index contributed by atoms with van der Waals surface area (Å²) in [5.74, 6) is 0.652. The zero-order valence-corrected chi connectivity index (χ0v) is 21.2. The van der Waals surface area contributed by atoms with Crippen molar-refractivity contribution in [3.63, 3.8) is 0 Å². The van der Waals surface area contributed by atoms with Crippen LogP contribution in [0.1, 0.15) is 17.5 Å². The van der Waals surface area contributed by atoms with Crippen LogP contribution in [0.4, 0.5) is 4.79 Å². The fraction of sp³-hybridized carbons (Fsp3) is 0.273. The van der Waals surface area contributed by atoms with Crippen molar-refractivity contribution >= 4 is 68.1 Å². The molecule has 0 atom stereocenters. The van der Waals surface area contributed by atoms with Gasteiger partial charge in [-0.1, -0.05) is 45.2 Å². The molecule has 0 aromatic heterocycles. The van der Waals surface area contributed by atoms with E-state index in [-0.39, 0.29) is 17.8 Å². The fourth-order valence-corrected chi connectivity index (χ4v) is 4.68. The lowest BCUT2D eigenvalue weighted by molar-refractivity contribution is -0.122. The normalized spacial score (nSPS) is 15.0. The number of thioether (sulfide) groups is 1. The van der Waals surface area contributed by atoms with Gasteiger partial charge in [0.25, 0.3) is 11.1 Å². The van der Waals surface area contributed by atoms with Gasteiger partial charge in [-0.05, 0) is 54.1 Å². The van der Waals surface area contributed by atoms with Gasteiger partial charge in [-0.15, -0.1) is 0 Å². The molecule has 1 aliphatic heterocycles. The maximum absolute atomic E-state index is 12.6. The molecule has 10 heteroatoms. The Labute approximate surface area is 208 Å². The molecule has 0 N–H and O–H groups in total. The molecule has 170 valence electrons. The van der Waals surface area contributed by atoms with Crippen molar-refractivity contribution in [1.82, 2.24) is 4.90 Å². The summed E-state index contributed by atoms with van der Waals surface area (Å²) in [6, 6.07) is 8.67. The van der Waals surface area contributed by atoms with Gasteiger partial charge in [0.15, 0.2) is 11.5 Å². The first-order valence-corrected chi connectivity index (χ1v) is 11.9. The number of rotatable bonds is 9. The highest BCUT2D eigenvalue weighted by Gasteiger charge is 2.34. The highest BCUT2D eigenvalue weighted by molar-refractivity contribution is 9.10. The molecule has 0 saturated carbocycles. The van der Waals surface area contributed by atoms with E-state index in [4.69, 9.17) is 37.4 Å². The molecule has 1 saturated heterocycles. The second kappa shape index (κ2) is 11.4. The predicted octanol–water partition coefficient (Wildman–Crippen LogP) is 6.42. The van der Waals surface area contributed by atoms with Gasteiger partial charge in [-0.3, -0.25) is 14.5 Å². The quantitative estimate of drug-likeness (QED) is 0.260. The van der Waals surface area contributed by atoms with Gasteiger partial charge in [0.05, 0.1) is 12.0 Å². The van der Waals surface area contributed by atoms with Crippen LogP contribution in [-0.2, 0) is 16.1 Å². The number of ether oxygens (including phenoxy) is 3. The lowest BCUT2D eigenvalue weighted by Gasteiger charge is -2.14. The average Bonchev–Trinajstić information content (AvgIpc) is 3.02. The first kappa shape index (κ1) is 24.9. The van der Waals surface area contributed by atoms with E-state index in [1.807, 2.05) is 0 Å². The molecule has 0 spiro atoms. The van der Waals surface area contributed by atoms with E-state index in [1.165, 1.54) is 12.0 Å². The first-order chi connectivity index (χ1) is 15.3. The second-order valence-corrected chi connectivity index (χ2v) is 9.42. The van der Waals surface area contributed by atoms with Crippen molar-refractivity contribution in [3.05, 3.63) is 60.9 Å². The van der Waals surface area contributed by atoms with E-state index in [1.54, 1.807) is 43.5 Å². The molecule has 0 radical (unpaired) electrons. The Morgan fingerprint density at radius 1 is 1.12 bits per heavy atom. The van der Waals surface area contributed by atoms with Crippen LogP contribution in [0, 0.1) is 0 Å². The number of nitrogens with zero attached hydrogens (tertiary/aromatic N) is 1. The third kappa shape index (κ3) is 5.99. The number of hydrogen-bond acceptors (Lipinski definition) is 6. The minimum absolute atomic E-state index is 0.221. The third-order valence-electron chi connectivity index (χ3n) is 4.57. The second-order valence-electron chi connectivity index (χ2n) is 6.73. The summed E-state index contributed by atoms with van der Waals surface area (Å²) >= 11 is 16.6. The molecular weight excluding hydrogens is 541 g/mol. The number of carbonyl (C=O) groups is 2. The van der Waals surface area contributed by atoms with Gasteiger partial charge >= 0.3 is 0 Å². The molecule has 0 bridgehead atoms. The third-order valence-corrected chi connectivity index (χ3v) is 6.75. The minimum atomic E-state index is -0.320. The molecule has 3 rings (SSSR count). The van der Waals surface area contributed by atoms with Crippen molar-refractivity contribution < 1.29 is 23.8 Å². The number of benzene rings is 2. The molecule has 2 aromatic carbocycles. The Bertz CT molecular complexity index is 1060. The molecule has 1 aliphatic rings. The lowest BCUT2D eigenvalue weighted by atomic mass is 10.1.